The summed E-state index contributed by atoms with van der Waals surface area (Å²) in [6.45, 7) is 6.10. The van der Waals surface area contributed by atoms with Crippen molar-refractivity contribution < 1.29 is 13.3 Å². The largest absolute Gasteiger partial charge is 0.215 e. The van der Waals surface area contributed by atoms with E-state index in [1.54, 1.807) is 6.92 Å². The molecule has 2 aromatic carbocycles. The standard InChI is InChI=1S/C26H28F2N/c1-16-11-21(19-7-5-6-8-19)12-17(2)25(16)20-9-10-24(29(4)15-20)26-18(3)13-22(27)14-23(26)28/h9-15,19H,5-8H2,1-4H3/q+1. The van der Waals surface area contributed by atoms with Crippen LogP contribution in [-0.4, -0.2) is 0 Å². The van der Waals surface area contributed by atoms with Crippen LogP contribution in [0.3, 0.4) is 0 Å². The fourth-order valence-electron chi connectivity index (χ4n) is 4.99. The lowest BCUT2D eigenvalue weighted by Gasteiger charge is -2.16. The molecule has 3 heteroatoms. The van der Waals surface area contributed by atoms with Crippen molar-refractivity contribution in [2.24, 2.45) is 7.05 Å². The molecule has 0 N–H and O–H groups in total. The molecule has 1 nitrogen and oxygen atoms in total. The van der Waals surface area contributed by atoms with Gasteiger partial charge in [0.25, 0.3) is 0 Å². The number of benzene rings is 2. The van der Waals surface area contributed by atoms with Gasteiger partial charge in [-0.05, 0) is 79.5 Å². The van der Waals surface area contributed by atoms with E-state index in [9.17, 15) is 8.78 Å². The Morgan fingerprint density at radius 1 is 0.828 bits per heavy atom. The normalized spacial score (nSPS) is 14.6. The second kappa shape index (κ2) is 7.70. The topological polar surface area (TPSA) is 3.88 Å². The Hall–Kier alpha value is -2.55. The molecule has 1 aromatic heterocycles. The van der Waals surface area contributed by atoms with E-state index >= 15 is 0 Å². The molecular weight excluding hydrogens is 364 g/mol. The van der Waals surface area contributed by atoms with Crippen molar-refractivity contribution >= 4 is 0 Å². The van der Waals surface area contributed by atoms with Crippen LogP contribution in [0.2, 0.25) is 0 Å². The molecule has 0 unspecified atom stereocenters. The van der Waals surface area contributed by atoms with Gasteiger partial charge in [0.15, 0.2) is 6.20 Å². The molecule has 0 atom stereocenters. The summed E-state index contributed by atoms with van der Waals surface area (Å²) in [7, 11) is 1.92. The number of nitrogens with zero attached hydrogens (tertiary/aromatic N) is 1. The van der Waals surface area contributed by atoms with Crippen molar-refractivity contribution in [3.05, 3.63) is 76.5 Å². The minimum Gasteiger partial charge on any atom is -0.207 e. The first-order chi connectivity index (χ1) is 13.8. The highest BCUT2D eigenvalue weighted by molar-refractivity contribution is 5.72. The Morgan fingerprint density at radius 3 is 2.03 bits per heavy atom. The third kappa shape index (κ3) is 3.71. The third-order valence-corrected chi connectivity index (χ3v) is 6.31. The minimum absolute atomic E-state index is 0.450. The number of hydrogen-bond acceptors (Lipinski definition) is 0. The molecule has 1 heterocycles. The van der Waals surface area contributed by atoms with Crippen LogP contribution >= 0.6 is 0 Å². The monoisotopic (exact) mass is 392 g/mol. The maximum absolute atomic E-state index is 14.5. The quantitative estimate of drug-likeness (QED) is 0.436. The molecule has 0 saturated heterocycles. The number of aryl methyl sites for hydroxylation is 4. The molecule has 0 amide bonds. The number of hydrogen-bond donors (Lipinski definition) is 0. The summed E-state index contributed by atoms with van der Waals surface area (Å²) in [5.74, 6) is -0.375. The summed E-state index contributed by atoms with van der Waals surface area (Å²) in [5.41, 5.74) is 8.17. The van der Waals surface area contributed by atoms with Crippen molar-refractivity contribution in [3.63, 3.8) is 0 Å². The van der Waals surface area contributed by atoms with Crippen molar-refractivity contribution in [1.82, 2.24) is 0 Å². The molecule has 1 aliphatic carbocycles. The van der Waals surface area contributed by atoms with Gasteiger partial charge >= 0.3 is 0 Å². The van der Waals surface area contributed by atoms with Crippen molar-refractivity contribution in [2.45, 2.75) is 52.4 Å². The molecule has 4 rings (SSSR count). The molecular formula is C26H28F2N+. The van der Waals surface area contributed by atoms with Crippen LogP contribution in [0.15, 0.2) is 42.6 Å². The average Bonchev–Trinajstić information content (AvgIpc) is 3.16. The van der Waals surface area contributed by atoms with E-state index in [1.807, 2.05) is 29.9 Å². The molecule has 150 valence electrons. The Morgan fingerprint density at radius 2 is 1.45 bits per heavy atom. The summed E-state index contributed by atoms with van der Waals surface area (Å²) in [4.78, 5) is 0. The Labute approximate surface area is 172 Å². The van der Waals surface area contributed by atoms with Gasteiger partial charge < -0.3 is 0 Å². The number of aromatic nitrogens is 1. The Balaban J connectivity index is 1.75. The average molecular weight is 393 g/mol. The van der Waals surface area contributed by atoms with Gasteiger partial charge in [-0.1, -0.05) is 25.0 Å². The van der Waals surface area contributed by atoms with E-state index in [1.165, 1.54) is 54.0 Å². The zero-order valence-corrected chi connectivity index (χ0v) is 17.7. The fraction of sp³-hybridized carbons (Fsp3) is 0.346. The maximum atomic E-state index is 14.5. The predicted octanol–water partition coefficient (Wildman–Crippen LogP) is 6.71. The summed E-state index contributed by atoms with van der Waals surface area (Å²) in [6.07, 6.45) is 7.30. The molecule has 29 heavy (non-hydrogen) atoms. The van der Waals surface area contributed by atoms with Crippen LogP contribution in [0.1, 0.15) is 53.9 Å². The number of rotatable bonds is 3. The molecule has 1 saturated carbocycles. The summed E-state index contributed by atoms with van der Waals surface area (Å²) in [5, 5.41) is 0. The lowest BCUT2D eigenvalue weighted by atomic mass is 9.89. The van der Waals surface area contributed by atoms with Crippen LogP contribution < -0.4 is 4.57 Å². The van der Waals surface area contributed by atoms with Crippen LogP contribution in [-0.2, 0) is 7.05 Å². The molecule has 0 radical (unpaired) electrons. The number of halogens is 2. The van der Waals surface area contributed by atoms with Gasteiger partial charge in [-0.3, -0.25) is 0 Å². The van der Waals surface area contributed by atoms with Crippen LogP contribution in [0.25, 0.3) is 22.4 Å². The second-order valence-electron chi connectivity index (χ2n) is 8.50. The van der Waals surface area contributed by atoms with Gasteiger partial charge in [-0.25, -0.2) is 13.3 Å². The molecule has 0 bridgehead atoms. The van der Waals surface area contributed by atoms with E-state index in [0.717, 1.165) is 17.3 Å². The van der Waals surface area contributed by atoms with Gasteiger partial charge in [-0.15, -0.1) is 0 Å². The molecule has 3 aromatic rings. The van der Waals surface area contributed by atoms with Gasteiger partial charge in [0.05, 0.1) is 5.56 Å². The van der Waals surface area contributed by atoms with E-state index in [2.05, 4.69) is 26.0 Å². The van der Waals surface area contributed by atoms with Crippen molar-refractivity contribution in [1.29, 1.82) is 0 Å². The first-order valence-corrected chi connectivity index (χ1v) is 10.4. The van der Waals surface area contributed by atoms with Crippen LogP contribution in [0, 0.1) is 32.4 Å². The van der Waals surface area contributed by atoms with E-state index < -0.39 is 11.6 Å². The van der Waals surface area contributed by atoms with Crippen LogP contribution in [0.5, 0.6) is 0 Å². The molecule has 0 spiro atoms. The lowest BCUT2D eigenvalue weighted by molar-refractivity contribution is -0.660. The van der Waals surface area contributed by atoms with Gasteiger partial charge in [-0.2, -0.15) is 0 Å². The summed E-state index contributed by atoms with van der Waals surface area (Å²) in [6, 6.07) is 11.0. The first-order valence-electron chi connectivity index (χ1n) is 10.4. The van der Waals surface area contributed by atoms with Crippen molar-refractivity contribution in [2.75, 3.05) is 0 Å². The van der Waals surface area contributed by atoms with E-state index in [0.29, 0.717) is 17.0 Å². The molecule has 1 fully saturated rings. The first kappa shape index (κ1) is 19.8. The highest BCUT2D eigenvalue weighted by Gasteiger charge is 2.22. The van der Waals surface area contributed by atoms with E-state index in [4.69, 9.17) is 0 Å². The van der Waals surface area contributed by atoms with Crippen LogP contribution in [0.4, 0.5) is 8.78 Å². The highest BCUT2D eigenvalue weighted by atomic mass is 19.1. The SMILES string of the molecule is Cc1cc(C2CCCC2)cc(C)c1-c1ccc(-c2c(C)cc(F)cc2F)[n+](C)c1. The molecule has 0 aliphatic heterocycles. The predicted molar refractivity (Wildman–Crippen MR) is 114 cm³/mol. The van der Waals surface area contributed by atoms with Gasteiger partial charge in [0.1, 0.15) is 18.7 Å². The Kier molecular flexibility index (Phi) is 5.24. The Bertz CT molecular complexity index is 1030. The van der Waals surface area contributed by atoms with Crippen molar-refractivity contribution in [3.8, 4) is 22.4 Å². The maximum Gasteiger partial charge on any atom is 0.215 e. The highest BCUT2D eigenvalue weighted by Crippen LogP contribution is 2.38. The van der Waals surface area contributed by atoms with Gasteiger partial charge in [0.2, 0.25) is 5.69 Å². The molecule has 1 aliphatic rings. The zero-order valence-electron chi connectivity index (χ0n) is 17.7. The minimum atomic E-state index is -0.545. The van der Waals surface area contributed by atoms with Gasteiger partial charge in [0, 0.05) is 17.7 Å². The number of pyridine rings is 1. The lowest BCUT2D eigenvalue weighted by Crippen LogP contribution is -2.31. The fourth-order valence-corrected chi connectivity index (χ4v) is 4.99. The summed E-state index contributed by atoms with van der Waals surface area (Å²) < 4.78 is 29.9. The summed E-state index contributed by atoms with van der Waals surface area (Å²) >= 11 is 0. The zero-order chi connectivity index (χ0) is 20.7. The van der Waals surface area contributed by atoms with E-state index in [-0.39, 0.29) is 0 Å². The third-order valence-electron chi connectivity index (χ3n) is 6.31. The smallest absolute Gasteiger partial charge is 0.207 e. The second-order valence-corrected chi connectivity index (χ2v) is 8.50.